The second-order valence-corrected chi connectivity index (χ2v) is 15.3. The Bertz CT molecular complexity index is 2350. The van der Waals surface area contributed by atoms with E-state index in [0.29, 0.717) is 27.5 Å². The van der Waals surface area contributed by atoms with Gasteiger partial charge in [-0.2, -0.15) is 5.01 Å². The molecular formula is C41H36BCl2N3O10. The summed E-state index contributed by atoms with van der Waals surface area (Å²) in [5.41, 5.74) is 3.16. The Morgan fingerprint density at radius 3 is 2.16 bits per heavy atom. The number of phenols is 1. The smallest absolute Gasteiger partial charge is 0.488 e. The van der Waals surface area contributed by atoms with Crippen molar-refractivity contribution in [3.8, 4) is 23.0 Å². The van der Waals surface area contributed by atoms with Gasteiger partial charge in [0.15, 0.2) is 0 Å². The predicted octanol–water partition coefficient (Wildman–Crippen LogP) is 4.59. The van der Waals surface area contributed by atoms with E-state index in [1.807, 2.05) is 6.08 Å². The zero-order chi connectivity index (χ0) is 40.5. The van der Waals surface area contributed by atoms with Crippen LogP contribution in [0, 0.1) is 23.7 Å². The van der Waals surface area contributed by atoms with E-state index in [9.17, 15) is 24.7 Å². The number of hydrogen-bond donors (Lipinski definition) is 4. The van der Waals surface area contributed by atoms with Crippen molar-refractivity contribution in [2.75, 3.05) is 31.7 Å². The predicted molar refractivity (Wildman–Crippen MR) is 211 cm³/mol. The summed E-state index contributed by atoms with van der Waals surface area (Å²) in [6.45, 7) is 0. The van der Waals surface area contributed by atoms with Crippen molar-refractivity contribution in [2.45, 2.75) is 24.2 Å². The number of rotatable bonds is 9. The first-order valence-electron chi connectivity index (χ1n) is 18.1. The van der Waals surface area contributed by atoms with E-state index in [-0.39, 0.29) is 52.0 Å². The third kappa shape index (κ3) is 5.84. The summed E-state index contributed by atoms with van der Waals surface area (Å²) in [5.74, 6) is -6.31. The first-order valence-corrected chi connectivity index (χ1v) is 18.8. The molecule has 4 N–H and O–H groups in total. The lowest BCUT2D eigenvalue weighted by Crippen LogP contribution is -2.53. The number of methoxy groups -OCH3 is 3. The van der Waals surface area contributed by atoms with Crippen molar-refractivity contribution in [1.82, 2.24) is 5.01 Å². The Morgan fingerprint density at radius 2 is 1.53 bits per heavy atom. The Balaban J connectivity index is 1.37. The summed E-state index contributed by atoms with van der Waals surface area (Å²) in [6.07, 6.45) is 1.97. The summed E-state index contributed by atoms with van der Waals surface area (Å²) in [7, 11) is 2.50. The number of hydrazine groups is 1. The first kappa shape index (κ1) is 38.3. The molecule has 4 amide bonds. The molecule has 16 heteroatoms. The monoisotopic (exact) mass is 811 g/mol. The molecule has 1 saturated carbocycles. The lowest BCUT2D eigenvalue weighted by atomic mass is 9.49. The number of carbonyl (C=O) groups excluding carboxylic acids is 4. The van der Waals surface area contributed by atoms with E-state index in [2.05, 4.69) is 5.43 Å². The van der Waals surface area contributed by atoms with E-state index in [1.165, 1.54) is 57.7 Å². The molecule has 2 heterocycles. The standard InChI is InChI=1S/C41H36BCl2N3O10/c1-55-25-10-7-20(8-11-25)41-29(38(50)47(40(41)52)45-31-14-9-22(43)16-30(31)44)19-28-26(36(41)35-32(56-2)17-24(48)18-33(35)57-3)12-13-27-34(28)39(51)46(37(27)49)23-6-4-5-21(15-23)42(53)54/h4-12,14-18,27-29,34,36,45,48,53-54H,13,19H2,1-3H3. The lowest BCUT2D eigenvalue weighted by Gasteiger charge is -2.51. The molecule has 4 aliphatic rings. The van der Waals surface area contributed by atoms with Crippen LogP contribution in [0.5, 0.6) is 23.0 Å². The summed E-state index contributed by atoms with van der Waals surface area (Å²) >= 11 is 12.7. The van der Waals surface area contributed by atoms with Crippen molar-refractivity contribution < 1.29 is 48.5 Å². The second kappa shape index (κ2) is 14.4. The molecule has 57 heavy (non-hydrogen) atoms. The van der Waals surface area contributed by atoms with Crippen LogP contribution in [0.4, 0.5) is 11.4 Å². The van der Waals surface area contributed by atoms with Crippen LogP contribution >= 0.6 is 23.2 Å². The number of nitrogens with zero attached hydrogens (tertiary/aromatic N) is 2. The topological polar surface area (TPSA) is 175 Å². The molecule has 4 aromatic carbocycles. The summed E-state index contributed by atoms with van der Waals surface area (Å²) in [6, 6.07) is 20.1. The molecule has 3 fully saturated rings. The van der Waals surface area contributed by atoms with Gasteiger partial charge in [-0.1, -0.05) is 59.1 Å². The number of ether oxygens (including phenoxy) is 3. The summed E-state index contributed by atoms with van der Waals surface area (Å²) < 4.78 is 17.3. The van der Waals surface area contributed by atoms with E-state index in [4.69, 9.17) is 37.4 Å². The van der Waals surface area contributed by atoms with Crippen LogP contribution in [0.3, 0.4) is 0 Å². The molecule has 0 bridgehead atoms. The van der Waals surface area contributed by atoms with Crippen LogP contribution in [0.15, 0.2) is 90.5 Å². The van der Waals surface area contributed by atoms with Gasteiger partial charge in [-0.3, -0.25) is 29.5 Å². The molecule has 2 aliphatic carbocycles. The molecule has 0 spiro atoms. The van der Waals surface area contributed by atoms with Crippen molar-refractivity contribution in [3.05, 3.63) is 112 Å². The van der Waals surface area contributed by atoms with Crippen molar-refractivity contribution in [2.24, 2.45) is 23.7 Å². The number of amides is 4. The van der Waals surface area contributed by atoms with Crippen LogP contribution in [-0.4, -0.2) is 72.2 Å². The highest BCUT2D eigenvalue weighted by molar-refractivity contribution is 6.58. The minimum absolute atomic E-state index is 0.0163. The number of fused-ring (bicyclic) bond motifs is 4. The van der Waals surface area contributed by atoms with Crippen LogP contribution in [0.25, 0.3) is 0 Å². The molecule has 13 nitrogen and oxygen atoms in total. The number of nitrogens with one attached hydrogen (secondary N) is 1. The average Bonchev–Trinajstić information content (AvgIpc) is 3.59. The fourth-order valence-corrected chi connectivity index (χ4v) is 9.90. The molecule has 6 atom stereocenters. The number of hydrogen-bond acceptors (Lipinski definition) is 11. The van der Waals surface area contributed by atoms with Gasteiger partial charge in [0.05, 0.1) is 60.9 Å². The third-order valence-electron chi connectivity index (χ3n) is 11.8. The number of aromatic hydroxyl groups is 1. The zero-order valence-electron chi connectivity index (χ0n) is 30.8. The van der Waals surface area contributed by atoms with Gasteiger partial charge in [0.1, 0.15) is 23.0 Å². The SMILES string of the molecule is COc1ccc(C23C(=O)N(Nc4ccc(Cl)cc4Cl)C(=O)C2CC2C(=CCC4C(=O)N(c5cccc(B(O)O)c5)C(=O)C42)C3c2c(OC)cc(O)cc2OC)cc1. The molecule has 292 valence electrons. The number of imide groups is 2. The zero-order valence-corrected chi connectivity index (χ0v) is 32.3. The minimum atomic E-state index is -1.83. The Kier molecular flexibility index (Phi) is 9.72. The van der Waals surface area contributed by atoms with E-state index < -0.39 is 65.8 Å². The van der Waals surface area contributed by atoms with E-state index in [0.717, 1.165) is 9.91 Å². The normalized spacial score (nSPS) is 25.1. The van der Waals surface area contributed by atoms with Crippen LogP contribution in [0.1, 0.15) is 29.9 Å². The third-order valence-corrected chi connectivity index (χ3v) is 12.4. The summed E-state index contributed by atoms with van der Waals surface area (Å²) in [5, 5.41) is 32.0. The number of allylic oxidation sites excluding steroid dienone is 2. The Labute approximate surface area is 337 Å². The van der Waals surface area contributed by atoms with Crippen molar-refractivity contribution in [1.29, 1.82) is 0 Å². The van der Waals surface area contributed by atoms with Crippen molar-refractivity contribution in [3.63, 3.8) is 0 Å². The maximum absolute atomic E-state index is 15.6. The number of carbonyl (C=O) groups is 4. The van der Waals surface area contributed by atoms with Gasteiger partial charge >= 0.3 is 7.12 Å². The lowest BCUT2D eigenvalue weighted by molar-refractivity contribution is -0.138. The van der Waals surface area contributed by atoms with Gasteiger partial charge in [-0.15, -0.1) is 0 Å². The number of phenolic OH excluding ortho intramolecular Hbond substituents is 1. The quantitative estimate of drug-likeness (QED) is 0.106. The molecule has 4 aromatic rings. The maximum Gasteiger partial charge on any atom is 0.488 e. The van der Waals surface area contributed by atoms with Gasteiger partial charge in [-0.05, 0) is 72.3 Å². The van der Waals surface area contributed by atoms with Gasteiger partial charge in [-0.25, -0.2) is 0 Å². The highest BCUT2D eigenvalue weighted by Crippen LogP contribution is 2.66. The number of anilines is 2. The highest BCUT2D eigenvalue weighted by Gasteiger charge is 2.71. The van der Waals surface area contributed by atoms with Crippen molar-refractivity contribution >= 4 is 70.8 Å². The molecule has 2 aliphatic heterocycles. The Morgan fingerprint density at radius 1 is 0.825 bits per heavy atom. The van der Waals surface area contributed by atoms with Crippen LogP contribution in [-0.2, 0) is 24.6 Å². The van der Waals surface area contributed by atoms with Gasteiger partial charge in [0, 0.05) is 28.6 Å². The minimum Gasteiger partial charge on any atom is -0.508 e. The molecular weight excluding hydrogens is 776 g/mol. The molecule has 0 aromatic heterocycles. The molecule has 2 saturated heterocycles. The Hall–Kier alpha value is -5.54. The molecule has 6 unspecified atom stereocenters. The molecule has 0 radical (unpaired) electrons. The highest BCUT2D eigenvalue weighted by atomic mass is 35.5. The molecule has 8 rings (SSSR count). The average molecular weight is 812 g/mol. The first-order chi connectivity index (χ1) is 27.3. The van der Waals surface area contributed by atoms with Gasteiger partial charge < -0.3 is 29.4 Å². The van der Waals surface area contributed by atoms with E-state index >= 15 is 9.59 Å². The van der Waals surface area contributed by atoms with Gasteiger partial charge in [0.25, 0.3) is 11.8 Å². The largest absolute Gasteiger partial charge is 0.508 e. The number of halogens is 2. The van der Waals surface area contributed by atoms with Crippen LogP contribution in [0.2, 0.25) is 10.0 Å². The van der Waals surface area contributed by atoms with Gasteiger partial charge in [0.2, 0.25) is 11.8 Å². The number of benzene rings is 4. The van der Waals surface area contributed by atoms with Crippen LogP contribution < -0.4 is 30.0 Å². The second-order valence-electron chi connectivity index (χ2n) is 14.5. The van der Waals surface area contributed by atoms with E-state index in [1.54, 1.807) is 42.5 Å². The summed E-state index contributed by atoms with van der Waals surface area (Å²) in [4.78, 5) is 60.7. The fraction of sp³-hybridized carbons (Fsp3) is 0.268. The maximum atomic E-state index is 15.6. The fourth-order valence-electron chi connectivity index (χ4n) is 9.45.